The molecule has 9 heteroatoms. The van der Waals surface area contributed by atoms with Crippen LogP contribution >= 0.6 is 23.2 Å². The van der Waals surface area contributed by atoms with Gasteiger partial charge < -0.3 is 19.0 Å². The minimum atomic E-state index is -0.326. The van der Waals surface area contributed by atoms with Crippen LogP contribution in [0.3, 0.4) is 0 Å². The van der Waals surface area contributed by atoms with Crippen LogP contribution < -0.4 is 19.0 Å². The van der Waals surface area contributed by atoms with Crippen LogP contribution in [0.2, 0.25) is 10.0 Å². The molecular formula is C21H20Cl2N2O5. The summed E-state index contributed by atoms with van der Waals surface area (Å²) < 4.78 is 17.4. The van der Waals surface area contributed by atoms with Crippen LogP contribution in [0.15, 0.2) is 30.3 Å². The predicted octanol–water partition coefficient (Wildman–Crippen LogP) is 4.48. The zero-order valence-electron chi connectivity index (χ0n) is 17.1. The van der Waals surface area contributed by atoms with Crippen molar-refractivity contribution >= 4 is 29.0 Å². The summed E-state index contributed by atoms with van der Waals surface area (Å²) in [5.41, 5.74) is 1.72. The molecule has 3 rings (SSSR count). The second-order valence-corrected chi connectivity index (χ2v) is 7.03. The highest BCUT2D eigenvalue weighted by molar-refractivity contribution is 6.42. The molecule has 30 heavy (non-hydrogen) atoms. The zero-order valence-corrected chi connectivity index (χ0v) is 18.6. The van der Waals surface area contributed by atoms with Gasteiger partial charge in [-0.1, -0.05) is 23.2 Å². The number of imidazole rings is 1. The number of ketones is 1. The van der Waals surface area contributed by atoms with Crippen molar-refractivity contribution in [2.45, 2.75) is 6.92 Å². The van der Waals surface area contributed by atoms with Gasteiger partial charge in [0.1, 0.15) is 7.11 Å². The number of hydrogen-bond acceptors (Lipinski definition) is 6. The summed E-state index contributed by atoms with van der Waals surface area (Å²) in [5, 5.41) is 0.788. The van der Waals surface area contributed by atoms with Gasteiger partial charge in [-0.3, -0.25) is 4.79 Å². The fraction of sp³-hybridized carbons (Fsp3) is 0.238. The fourth-order valence-corrected chi connectivity index (χ4v) is 3.41. The number of carbonyl (C=O) groups excluding carboxylic acids is 1. The van der Waals surface area contributed by atoms with Crippen molar-refractivity contribution in [3.05, 3.63) is 57.3 Å². The Morgan fingerprint density at radius 2 is 1.57 bits per heavy atom. The molecule has 0 saturated carbocycles. The number of rotatable bonds is 7. The van der Waals surface area contributed by atoms with Gasteiger partial charge in [0, 0.05) is 11.1 Å². The number of ether oxygens (including phenoxy) is 3. The van der Waals surface area contributed by atoms with E-state index in [1.54, 1.807) is 37.3 Å². The van der Waals surface area contributed by atoms with Crippen LogP contribution in [0.4, 0.5) is 0 Å². The van der Waals surface area contributed by atoms with Gasteiger partial charge in [0.05, 0.1) is 37.1 Å². The van der Waals surface area contributed by atoms with Crippen molar-refractivity contribution in [2.24, 2.45) is 0 Å². The molecular weight excluding hydrogens is 431 g/mol. The average molecular weight is 451 g/mol. The standard InChI is InChI=1S/C21H20Cl2N2O5/c1-11-18(19(26)13-9-16(27-2)20(29-4)17(10-13)28-3)25(30-5)21(24-11)12-6-7-14(22)15(23)8-12/h6-10H,1-5H3. The lowest BCUT2D eigenvalue weighted by atomic mass is 10.1. The molecule has 0 aliphatic carbocycles. The molecule has 1 heterocycles. The Kier molecular flexibility index (Phi) is 6.43. The highest BCUT2D eigenvalue weighted by Gasteiger charge is 2.26. The largest absolute Gasteiger partial charge is 0.493 e. The summed E-state index contributed by atoms with van der Waals surface area (Å²) in [6.07, 6.45) is 0. The number of carbonyl (C=O) groups is 1. The summed E-state index contributed by atoms with van der Waals surface area (Å²) >= 11 is 12.2. The molecule has 0 fully saturated rings. The molecule has 0 radical (unpaired) electrons. The summed E-state index contributed by atoms with van der Waals surface area (Å²) in [6.45, 7) is 1.72. The SMILES string of the molecule is COc1cc(C(=O)c2c(C)nc(-c3ccc(Cl)c(Cl)c3)n2OC)cc(OC)c1OC. The molecule has 0 unspecified atom stereocenters. The molecule has 7 nitrogen and oxygen atoms in total. The van der Waals surface area contributed by atoms with Crippen LogP contribution in [0.25, 0.3) is 11.4 Å². The van der Waals surface area contributed by atoms with E-state index in [-0.39, 0.29) is 11.5 Å². The maximum atomic E-state index is 13.4. The smallest absolute Gasteiger partial charge is 0.215 e. The van der Waals surface area contributed by atoms with Gasteiger partial charge in [0.2, 0.25) is 11.5 Å². The second kappa shape index (κ2) is 8.85. The Balaban J connectivity index is 2.16. The third kappa shape index (κ3) is 3.78. The molecule has 0 amide bonds. The lowest BCUT2D eigenvalue weighted by Gasteiger charge is -2.14. The van der Waals surface area contributed by atoms with Crippen LogP contribution in [0.5, 0.6) is 17.2 Å². The summed E-state index contributed by atoms with van der Waals surface area (Å²) in [6, 6.07) is 8.22. The monoisotopic (exact) mass is 450 g/mol. The molecule has 0 aliphatic rings. The van der Waals surface area contributed by atoms with E-state index in [2.05, 4.69) is 4.98 Å². The number of benzene rings is 2. The summed E-state index contributed by atoms with van der Waals surface area (Å²) in [4.78, 5) is 23.4. The topological polar surface area (TPSA) is 71.8 Å². The van der Waals surface area contributed by atoms with Crippen LogP contribution in [-0.2, 0) is 0 Å². The number of halogens is 2. The third-order valence-electron chi connectivity index (χ3n) is 4.51. The lowest BCUT2D eigenvalue weighted by Crippen LogP contribution is -2.17. The number of nitrogens with zero attached hydrogens (tertiary/aromatic N) is 2. The molecule has 0 spiro atoms. The molecule has 158 valence electrons. The Labute approximate surface area is 184 Å². The molecule has 0 N–H and O–H groups in total. The van der Waals surface area contributed by atoms with Crippen molar-refractivity contribution < 1.29 is 23.8 Å². The minimum absolute atomic E-state index is 0.257. The van der Waals surface area contributed by atoms with Crippen molar-refractivity contribution in [1.82, 2.24) is 9.71 Å². The van der Waals surface area contributed by atoms with E-state index in [0.717, 1.165) is 0 Å². The highest BCUT2D eigenvalue weighted by atomic mass is 35.5. The van der Waals surface area contributed by atoms with E-state index in [9.17, 15) is 4.79 Å². The number of methoxy groups -OCH3 is 3. The van der Waals surface area contributed by atoms with Gasteiger partial charge in [-0.15, -0.1) is 0 Å². The lowest BCUT2D eigenvalue weighted by molar-refractivity contribution is 0.0978. The zero-order chi connectivity index (χ0) is 22.0. The maximum Gasteiger partial charge on any atom is 0.215 e. The van der Waals surface area contributed by atoms with E-state index in [1.807, 2.05) is 0 Å². The third-order valence-corrected chi connectivity index (χ3v) is 5.25. The maximum absolute atomic E-state index is 13.4. The molecule has 0 aliphatic heterocycles. The first-order valence-corrected chi connectivity index (χ1v) is 9.55. The number of hydrogen-bond donors (Lipinski definition) is 0. The van der Waals surface area contributed by atoms with E-state index < -0.39 is 0 Å². The molecule has 2 aromatic carbocycles. The second-order valence-electron chi connectivity index (χ2n) is 6.22. The quantitative estimate of drug-likeness (QED) is 0.494. The van der Waals surface area contributed by atoms with E-state index in [1.165, 1.54) is 33.2 Å². The Morgan fingerprint density at radius 3 is 2.07 bits per heavy atom. The van der Waals surface area contributed by atoms with E-state index in [0.29, 0.717) is 49.9 Å². The highest BCUT2D eigenvalue weighted by Crippen LogP contribution is 2.39. The van der Waals surface area contributed by atoms with Gasteiger partial charge in [-0.2, -0.15) is 4.73 Å². The molecule has 0 bridgehead atoms. The first-order valence-electron chi connectivity index (χ1n) is 8.80. The average Bonchev–Trinajstić information content (AvgIpc) is 3.09. The minimum Gasteiger partial charge on any atom is -0.493 e. The van der Waals surface area contributed by atoms with E-state index in [4.69, 9.17) is 42.3 Å². The summed E-state index contributed by atoms with van der Waals surface area (Å²) in [5.74, 6) is 1.22. The van der Waals surface area contributed by atoms with Gasteiger partial charge in [0.15, 0.2) is 23.0 Å². The molecule has 3 aromatic rings. The van der Waals surface area contributed by atoms with Crippen LogP contribution in [-0.4, -0.2) is 43.9 Å². The number of aromatic nitrogens is 2. The van der Waals surface area contributed by atoms with Crippen molar-refractivity contribution in [2.75, 3.05) is 28.4 Å². The Morgan fingerprint density at radius 1 is 0.933 bits per heavy atom. The van der Waals surface area contributed by atoms with Crippen LogP contribution in [0, 0.1) is 6.92 Å². The molecule has 1 aromatic heterocycles. The Bertz CT molecular complexity index is 1090. The molecule has 0 atom stereocenters. The van der Waals surface area contributed by atoms with Gasteiger partial charge in [-0.05, 0) is 37.3 Å². The van der Waals surface area contributed by atoms with Crippen LogP contribution in [0.1, 0.15) is 21.7 Å². The first-order chi connectivity index (χ1) is 14.4. The summed E-state index contributed by atoms with van der Waals surface area (Å²) in [7, 11) is 5.92. The van der Waals surface area contributed by atoms with Crippen molar-refractivity contribution in [3.63, 3.8) is 0 Å². The van der Waals surface area contributed by atoms with Crippen molar-refractivity contribution in [1.29, 1.82) is 0 Å². The van der Waals surface area contributed by atoms with Gasteiger partial charge in [-0.25, -0.2) is 4.98 Å². The fourth-order valence-electron chi connectivity index (χ4n) is 3.11. The molecule has 0 saturated heterocycles. The number of aryl methyl sites for hydroxylation is 1. The van der Waals surface area contributed by atoms with Gasteiger partial charge in [0.25, 0.3) is 0 Å². The van der Waals surface area contributed by atoms with Crippen molar-refractivity contribution in [3.8, 4) is 28.6 Å². The normalized spacial score (nSPS) is 10.6. The Hall–Kier alpha value is -2.90. The van der Waals surface area contributed by atoms with E-state index >= 15 is 0 Å². The predicted molar refractivity (Wildman–Crippen MR) is 114 cm³/mol. The van der Waals surface area contributed by atoms with Gasteiger partial charge >= 0.3 is 0 Å². The first kappa shape index (κ1) is 21.8.